The quantitative estimate of drug-likeness (QED) is 0.536. The maximum absolute atomic E-state index is 3.85. The van der Waals surface area contributed by atoms with E-state index in [1.807, 2.05) is 0 Å². The molecule has 0 bridgehead atoms. The zero-order valence-corrected chi connectivity index (χ0v) is 7.01. The van der Waals surface area contributed by atoms with Crippen LogP contribution < -0.4 is 0 Å². The van der Waals surface area contributed by atoms with Gasteiger partial charge >= 0.3 is 0 Å². The molecule has 10 heavy (non-hydrogen) atoms. The fourth-order valence-electron chi connectivity index (χ4n) is 1.51. The minimum absolute atomic E-state index is 0.785. The molecule has 0 atom stereocenters. The van der Waals surface area contributed by atoms with Gasteiger partial charge < -0.3 is 4.90 Å². The Labute approximate surface area is 63.8 Å². The number of likely N-dealkylation sites (tertiary alicyclic amines) is 1. The van der Waals surface area contributed by atoms with Crippen LogP contribution in [0, 0.1) is 7.05 Å². The van der Waals surface area contributed by atoms with Gasteiger partial charge in [-0.25, -0.2) is 0 Å². The van der Waals surface area contributed by atoms with Crippen LogP contribution in [0.15, 0.2) is 0 Å². The van der Waals surface area contributed by atoms with E-state index < -0.39 is 0 Å². The smallest absolute Gasteiger partial charge is 0.0301 e. The molecular formula is C8H17N2-. The Balaban J connectivity index is 2.21. The van der Waals surface area contributed by atoms with Crippen molar-refractivity contribution >= 4 is 0 Å². The van der Waals surface area contributed by atoms with Crippen LogP contribution in [0.2, 0.25) is 0 Å². The fraction of sp³-hybridized carbons (Fsp3) is 0.875. The summed E-state index contributed by atoms with van der Waals surface area (Å²) in [5, 5.41) is 0. The fourth-order valence-corrected chi connectivity index (χ4v) is 1.51. The second kappa shape index (κ2) is 3.35. The van der Waals surface area contributed by atoms with Gasteiger partial charge in [-0.3, -0.25) is 11.9 Å². The summed E-state index contributed by atoms with van der Waals surface area (Å²) in [6, 6.07) is 0.785. The van der Waals surface area contributed by atoms with Gasteiger partial charge in [0.2, 0.25) is 0 Å². The molecule has 0 aromatic heterocycles. The summed E-state index contributed by atoms with van der Waals surface area (Å²) >= 11 is 0. The van der Waals surface area contributed by atoms with E-state index in [0.717, 1.165) is 19.1 Å². The number of hydrogen-bond acceptors (Lipinski definition) is 2. The summed E-state index contributed by atoms with van der Waals surface area (Å²) in [7, 11) is 3.85. The first-order chi connectivity index (χ1) is 4.77. The van der Waals surface area contributed by atoms with E-state index in [-0.39, 0.29) is 0 Å². The van der Waals surface area contributed by atoms with E-state index in [1.54, 1.807) is 0 Å². The van der Waals surface area contributed by atoms with Gasteiger partial charge in [0.15, 0.2) is 0 Å². The van der Waals surface area contributed by atoms with Crippen molar-refractivity contribution in [3.63, 3.8) is 0 Å². The summed E-state index contributed by atoms with van der Waals surface area (Å²) in [5.74, 6) is 0. The summed E-state index contributed by atoms with van der Waals surface area (Å²) in [6.45, 7) is 9.10. The van der Waals surface area contributed by atoms with Crippen molar-refractivity contribution < 1.29 is 0 Å². The Bertz CT molecular complexity index is 93.4. The standard InChI is InChI=1S/C8H17N2/c1-4-10(5-2)8-6-9(3)7-8/h8H,3-7H2,1-2H3/q-1. The normalized spacial score (nSPS) is 21.6. The molecule has 0 aromatic rings. The van der Waals surface area contributed by atoms with Crippen molar-refractivity contribution in [3.8, 4) is 0 Å². The molecule has 1 saturated heterocycles. The molecule has 0 radical (unpaired) electrons. The van der Waals surface area contributed by atoms with Gasteiger partial charge in [-0.05, 0) is 26.2 Å². The molecule has 1 aliphatic rings. The SMILES string of the molecule is [CH2-]N1CC(N(CC)CC)C1. The summed E-state index contributed by atoms with van der Waals surface area (Å²) in [5.41, 5.74) is 0. The van der Waals surface area contributed by atoms with E-state index >= 15 is 0 Å². The second-order valence-electron chi connectivity index (χ2n) is 2.91. The maximum atomic E-state index is 3.85. The van der Waals surface area contributed by atoms with E-state index in [2.05, 4.69) is 30.7 Å². The highest BCUT2D eigenvalue weighted by Crippen LogP contribution is 2.12. The lowest BCUT2D eigenvalue weighted by Crippen LogP contribution is -2.56. The molecule has 1 rings (SSSR count). The van der Waals surface area contributed by atoms with Crippen LogP contribution in [-0.4, -0.2) is 42.0 Å². The molecule has 2 nitrogen and oxygen atoms in total. The van der Waals surface area contributed by atoms with Gasteiger partial charge in [0, 0.05) is 6.04 Å². The molecule has 0 amide bonds. The first-order valence-electron chi connectivity index (χ1n) is 4.07. The topological polar surface area (TPSA) is 6.48 Å². The molecular weight excluding hydrogens is 124 g/mol. The lowest BCUT2D eigenvalue weighted by atomic mass is 10.1. The van der Waals surface area contributed by atoms with Crippen molar-refractivity contribution in [2.24, 2.45) is 0 Å². The van der Waals surface area contributed by atoms with E-state index in [9.17, 15) is 0 Å². The summed E-state index contributed by atoms with van der Waals surface area (Å²) < 4.78 is 0. The number of hydrogen-bond donors (Lipinski definition) is 0. The molecule has 0 aromatic carbocycles. The van der Waals surface area contributed by atoms with Crippen LogP contribution >= 0.6 is 0 Å². The highest BCUT2D eigenvalue weighted by atomic mass is 15.3. The summed E-state index contributed by atoms with van der Waals surface area (Å²) in [6.07, 6.45) is 0. The van der Waals surface area contributed by atoms with Crippen LogP contribution in [0.4, 0.5) is 0 Å². The third-order valence-electron chi connectivity index (χ3n) is 2.27. The monoisotopic (exact) mass is 141 g/mol. The van der Waals surface area contributed by atoms with Gasteiger partial charge in [-0.2, -0.15) is 0 Å². The van der Waals surface area contributed by atoms with Crippen LogP contribution in [-0.2, 0) is 0 Å². The van der Waals surface area contributed by atoms with E-state index in [1.165, 1.54) is 13.1 Å². The lowest BCUT2D eigenvalue weighted by molar-refractivity contribution is 0.0724. The van der Waals surface area contributed by atoms with Crippen LogP contribution in [0.1, 0.15) is 13.8 Å². The second-order valence-corrected chi connectivity index (χ2v) is 2.91. The average molecular weight is 141 g/mol. The third-order valence-corrected chi connectivity index (χ3v) is 2.27. The molecule has 0 aliphatic carbocycles. The minimum atomic E-state index is 0.785. The number of rotatable bonds is 3. The highest BCUT2D eigenvalue weighted by molar-refractivity contribution is 4.86. The van der Waals surface area contributed by atoms with E-state index in [0.29, 0.717) is 0 Å². The molecule has 60 valence electrons. The Morgan fingerprint density at radius 1 is 1.40 bits per heavy atom. The predicted octanol–water partition coefficient (Wildman–Crippen LogP) is 0.804. The van der Waals surface area contributed by atoms with Crippen molar-refractivity contribution in [3.05, 3.63) is 7.05 Å². The molecule has 2 heteroatoms. The molecule has 0 unspecified atom stereocenters. The molecule has 0 spiro atoms. The van der Waals surface area contributed by atoms with Gasteiger partial charge in [-0.1, -0.05) is 13.8 Å². The van der Waals surface area contributed by atoms with Crippen molar-refractivity contribution in [2.45, 2.75) is 19.9 Å². The molecule has 1 heterocycles. The molecule has 0 saturated carbocycles. The number of nitrogens with zero attached hydrogens (tertiary/aromatic N) is 2. The van der Waals surface area contributed by atoms with Crippen molar-refractivity contribution in [1.29, 1.82) is 0 Å². The first-order valence-corrected chi connectivity index (χ1v) is 4.07. The average Bonchev–Trinajstić information content (AvgIpc) is 1.87. The van der Waals surface area contributed by atoms with Gasteiger partial charge in [0.1, 0.15) is 0 Å². The Hall–Kier alpha value is -0.0800. The lowest BCUT2D eigenvalue weighted by Gasteiger charge is -2.48. The predicted molar refractivity (Wildman–Crippen MR) is 43.6 cm³/mol. The largest absolute Gasteiger partial charge is 0.457 e. The van der Waals surface area contributed by atoms with Crippen LogP contribution in [0.3, 0.4) is 0 Å². The Morgan fingerprint density at radius 3 is 2.20 bits per heavy atom. The van der Waals surface area contributed by atoms with Gasteiger partial charge in [0.25, 0.3) is 0 Å². The Kier molecular flexibility index (Phi) is 2.69. The maximum Gasteiger partial charge on any atom is 0.0301 e. The Morgan fingerprint density at radius 2 is 1.90 bits per heavy atom. The third kappa shape index (κ3) is 1.50. The van der Waals surface area contributed by atoms with E-state index in [4.69, 9.17) is 0 Å². The zero-order valence-electron chi connectivity index (χ0n) is 7.01. The molecule has 1 aliphatic heterocycles. The van der Waals surface area contributed by atoms with Crippen molar-refractivity contribution in [2.75, 3.05) is 26.2 Å². The van der Waals surface area contributed by atoms with Crippen molar-refractivity contribution in [1.82, 2.24) is 9.80 Å². The zero-order chi connectivity index (χ0) is 7.56. The number of likely N-dealkylation sites (N-methyl/N-ethyl adjacent to an activating group) is 1. The van der Waals surface area contributed by atoms with Crippen LogP contribution in [0.5, 0.6) is 0 Å². The van der Waals surface area contributed by atoms with Crippen LogP contribution in [0.25, 0.3) is 0 Å². The minimum Gasteiger partial charge on any atom is -0.457 e. The highest BCUT2D eigenvalue weighted by Gasteiger charge is 2.23. The first kappa shape index (κ1) is 8.02. The summed E-state index contributed by atoms with van der Waals surface area (Å²) in [4.78, 5) is 4.60. The van der Waals surface area contributed by atoms with Gasteiger partial charge in [-0.15, -0.1) is 0 Å². The van der Waals surface area contributed by atoms with Gasteiger partial charge in [0.05, 0.1) is 0 Å². The molecule has 0 N–H and O–H groups in total. The molecule has 1 fully saturated rings.